The molecule has 0 aromatic heterocycles. The Morgan fingerprint density at radius 3 is 2.64 bits per heavy atom. The van der Waals surface area contributed by atoms with Crippen LogP contribution < -0.4 is 4.74 Å². The molecule has 0 aliphatic rings. The molecular weight excluding hydrogens is 278 g/mol. The van der Waals surface area contributed by atoms with Crippen molar-refractivity contribution in [2.45, 2.75) is 27.3 Å². The molecule has 0 aliphatic heterocycles. The zero-order chi connectivity index (χ0) is 16.6. The molecule has 0 saturated carbocycles. The second kappa shape index (κ2) is 8.59. The lowest BCUT2D eigenvalue weighted by Gasteiger charge is -2.31. The molecule has 122 valence electrons. The molecule has 0 unspecified atom stereocenters. The summed E-state index contributed by atoms with van der Waals surface area (Å²) in [7, 11) is 1.61. The monoisotopic (exact) mass is 305 g/mol. The van der Waals surface area contributed by atoms with Gasteiger partial charge in [0.15, 0.2) is 0 Å². The van der Waals surface area contributed by atoms with Gasteiger partial charge < -0.3 is 14.4 Å². The third kappa shape index (κ3) is 4.88. The van der Waals surface area contributed by atoms with Crippen LogP contribution in [0.1, 0.15) is 26.3 Å². The summed E-state index contributed by atoms with van der Waals surface area (Å²) in [5, 5.41) is 0. The summed E-state index contributed by atoms with van der Waals surface area (Å²) in [6.45, 7) is 11.5. The zero-order valence-corrected chi connectivity index (χ0v) is 14.1. The second-order valence-electron chi connectivity index (χ2n) is 5.84. The molecule has 0 radical (unpaired) electrons. The standard InChI is InChI=1S/C18H27NO3/c1-6-12-22-16-11-9-8-10-15(16)13-19(7-2)17(20)18(3,4)14-21-5/h6,8-11H,1,7,12-14H2,2-5H3. The first-order valence-electron chi connectivity index (χ1n) is 7.56. The van der Waals surface area contributed by atoms with E-state index in [1.807, 2.05) is 49.9 Å². The molecule has 1 rings (SSSR count). The highest BCUT2D eigenvalue weighted by molar-refractivity contribution is 5.82. The van der Waals surface area contributed by atoms with Gasteiger partial charge in [-0.2, -0.15) is 0 Å². The van der Waals surface area contributed by atoms with Crippen molar-refractivity contribution in [3.63, 3.8) is 0 Å². The number of benzene rings is 1. The molecule has 4 nitrogen and oxygen atoms in total. The lowest BCUT2D eigenvalue weighted by Crippen LogP contribution is -2.42. The Morgan fingerprint density at radius 1 is 1.36 bits per heavy atom. The van der Waals surface area contributed by atoms with Crippen LogP contribution in [0.15, 0.2) is 36.9 Å². The van der Waals surface area contributed by atoms with Crippen molar-refractivity contribution in [2.75, 3.05) is 26.9 Å². The molecule has 22 heavy (non-hydrogen) atoms. The summed E-state index contributed by atoms with van der Waals surface area (Å²) in [5.41, 5.74) is 0.453. The van der Waals surface area contributed by atoms with Gasteiger partial charge in [0.2, 0.25) is 5.91 Å². The van der Waals surface area contributed by atoms with E-state index in [4.69, 9.17) is 9.47 Å². The molecule has 0 aliphatic carbocycles. The number of nitrogens with zero attached hydrogens (tertiary/aromatic N) is 1. The largest absolute Gasteiger partial charge is 0.489 e. The highest BCUT2D eigenvalue weighted by Gasteiger charge is 2.31. The normalized spacial score (nSPS) is 11.1. The van der Waals surface area contributed by atoms with Crippen molar-refractivity contribution in [1.82, 2.24) is 4.90 Å². The average Bonchev–Trinajstić information content (AvgIpc) is 2.50. The van der Waals surface area contributed by atoms with Crippen molar-refractivity contribution >= 4 is 5.91 Å². The van der Waals surface area contributed by atoms with Crippen LogP contribution in [-0.4, -0.2) is 37.7 Å². The van der Waals surface area contributed by atoms with Crippen LogP contribution in [0.4, 0.5) is 0 Å². The number of hydrogen-bond acceptors (Lipinski definition) is 3. The van der Waals surface area contributed by atoms with Gasteiger partial charge in [0.05, 0.1) is 12.0 Å². The minimum atomic E-state index is -0.540. The van der Waals surface area contributed by atoms with E-state index in [1.54, 1.807) is 13.2 Å². The highest BCUT2D eigenvalue weighted by atomic mass is 16.5. The van der Waals surface area contributed by atoms with E-state index in [0.29, 0.717) is 26.3 Å². The van der Waals surface area contributed by atoms with Gasteiger partial charge in [0, 0.05) is 25.8 Å². The second-order valence-corrected chi connectivity index (χ2v) is 5.84. The minimum absolute atomic E-state index is 0.0790. The molecule has 0 fully saturated rings. The molecule has 0 N–H and O–H groups in total. The van der Waals surface area contributed by atoms with Crippen LogP contribution in [0.2, 0.25) is 0 Å². The summed E-state index contributed by atoms with van der Waals surface area (Å²) >= 11 is 0. The first kappa shape index (κ1) is 18.2. The van der Waals surface area contributed by atoms with Crippen LogP contribution in [0.25, 0.3) is 0 Å². The van der Waals surface area contributed by atoms with Gasteiger partial charge in [0.25, 0.3) is 0 Å². The van der Waals surface area contributed by atoms with Gasteiger partial charge in [0.1, 0.15) is 12.4 Å². The topological polar surface area (TPSA) is 38.8 Å². The smallest absolute Gasteiger partial charge is 0.230 e. The average molecular weight is 305 g/mol. The molecule has 0 atom stereocenters. The van der Waals surface area contributed by atoms with Crippen LogP contribution in [-0.2, 0) is 16.1 Å². The summed E-state index contributed by atoms with van der Waals surface area (Å²) in [6.07, 6.45) is 1.71. The number of para-hydroxylation sites is 1. The predicted molar refractivity (Wildman–Crippen MR) is 88.9 cm³/mol. The van der Waals surface area contributed by atoms with E-state index in [9.17, 15) is 4.79 Å². The van der Waals surface area contributed by atoms with Gasteiger partial charge in [-0.15, -0.1) is 0 Å². The van der Waals surface area contributed by atoms with Gasteiger partial charge >= 0.3 is 0 Å². The highest BCUT2D eigenvalue weighted by Crippen LogP contribution is 2.24. The number of amides is 1. The Balaban J connectivity index is 2.90. The molecule has 0 spiro atoms. The van der Waals surface area contributed by atoms with E-state index in [-0.39, 0.29) is 5.91 Å². The van der Waals surface area contributed by atoms with Gasteiger partial charge in [-0.1, -0.05) is 30.9 Å². The van der Waals surface area contributed by atoms with Crippen LogP contribution in [0.3, 0.4) is 0 Å². The Kier molecular flexibility index (Phi) is 7.12. The number of ether oxygens (including phenoxy) is 2. The Bertz CT molecular complexity index is 497. The number of hydrogen-bond donors (Lipinski definition) is 0. The van der Waals surface area contributed by atoms with Crippen LogP contribution >= 0.6 is 0 Å². The molecule has 4 heteroatoms. The summed E-state index contributed by atoms with van der Waals surface area (Å²) in [4.78, 5) is 14.5. The molecule has 0 heterocycles. The zero-order valence-electron chi connectivity index (χ0n) is 14.1. The summed E-state index contributed by atoms with van der Waals surface area (Å²) in [6, 6.07) is 7.78. The molecule has 1 aromatic rings. The van der Waals surface area contributed by atoms with Crippen LogP contribution in [0.5, 0.6) is 5.75 Å². The Labute approximate surface area is 133 Å². The lowest BCUT2D eigenvalue weighted by atomic mass is 9.92. The summed E-state index contributed by atoms with van der Waals surface area (Å²) in [5.74, 6) is 0.869. The van der Waals surface area contributed by atoms with E-state index in [0.717, 1.165) is 11.3 Å². The number of carbonyl (C=O) groups is 1. The minimum Gasteiger partial charge on any atom is -0.489 e. The third-order valence-corrected chi connectivity index (χ3v) is 3.44. The Hall–Kier alpha value is -1.81. The van der Waals surface area contributed by atoms with Crippen LogP contribution in [0, 0.1) is 5.41 Å². The fraction of sp³-hybridized carbons (Fsp3) is 0.500. The van der Waals surface area contributed by atoms with Crippen molar-refractivity contribution in [1.29, 1.82) is 0 Å². The SMILES string of the molecule is C=CCOc1ccccc1CN(CC)C(=O)C(C)(C)COC. The van der Waals surface area contributed by atoms with Gasteiger partial charge in [-0.05, 0) is 26.8 Å². The van der Waals surface area contributed by atoms with Gasteiger partial charge in [-0.25, -0.2) is 0 Å². The van der Waals surface area contributed by atoms with Crippen molar-refractivity contribution in [3.05, 3.63) is 42.5 Å². The van der Waals surface area contributed by atoms with Gasteiger partial charge in [-0.3, -0.25) is 4.79 Å². The fourth-order valence-corrected chi connectivity index (χ4v) is 2.31. The van der Waals surface area contributed by atoms with Crippen molar-refractivity contribution in [3.8, 4) is 5.75 Å². The number of rotatable bonds is 9. The molecular formula is C18H27NO3. The fourth-order valence-electron chi connectivity index (χ4n) is 2.31. The first-order valence-corrected chi connectivity index (χ1v) is 7.56. The van der Waals surface area contributed by atoms with E-state index >= 15 is 0 Å². The molecule has 0 saturated heterocycles. The maximum atomic E-state index is 12.7. The summed E-state index contributed by atoms with van der Waals surface area (Å²) < 4.78 is 10.8. The molecule has 1 amide bonds. The molecule has 0 bridgehead atoms. The first-order chi connectivity index (χ1) is 10.5. The van der Waals surface area contributed by atoms with E-state index < -0.39 is 5.41 Å². The van der Waals surface area contributed by atoms with Crippen molar-refractivity contribution in [2.24, 2.45) is 5.41 Å². The number of methoxy groups -OCH3 is 1. The third-order valence-electron chi connectivity index (χ3n) is 3.44. The van der Waals surface area contributed by atoms with E-state index in [1.165, 1.54) is 0 Å². The van der Waals surface area contributed by atoms with E-state index in [2.05, 4.69) is 6.58 Å². The molecule has 1 aromatic carbocycles. The lowest BCUT2D eigenvalue weighted by molar-refractivity contribution is -0.143. The van der Waals surface area contributed by atoms with Crippen molar-refractivity contribution < 1.29 is 14.3 Å². The maximum absolute atomic E-state index is 12.7. The predicted octanol–water partition coefficient (Wildman–Crippen LogP) is 3.27. The maximum Gasteiger partial charge on any atom is 0.230 e. The quantitative estimate of drug-likeness (QED) is 0.657. The Morgan fingerprint density at radius 2 is 2.05 bits per heavy atom. The number of carbonyl (C=O) groups excluding carboxylic acids is 1.